The van der Waals surface area contributed by atoms with E-state index in [4.69, 9.17) is 15.0 Å². The Bertz CT molecular complexity index is 3410. The van der Waals surface area contributed by atoms with E-state index < -0.39 is 0 Å². The van der Waals surface area contributed by atoms with E-state index in [0.29, 0.717) is 17.5 Å². The summed E-state index contributed by atoms with van der Waals surface area (Å²) in [5.74, 6) is 2.00. The molecular formula is C51H30N4S2. The molecule has 0 spiro atoms. The van der Waals surface area contributed by atoms with Crippen molar-refractivity contribution < 1.29 is 0 Å². The van der Waals surface area contributed by atoms with Crippen LogP contribution in [0.1, 0.15) is 0 Å². The summed E-state index contributed by atoms with van der Waals surface area (Å²) < 4.78 is 7.44. The molecule has 0 saturated heterocycles. The number of thiophene rings is 2. The number of para-hydroxylation sites is 2. The zero-order valence-electron chi connectivity index (χ0n) is 30.4. The number of nitrogens with zero attached hydrogens (tertiary/aromatic N) is 4. The van der Waals surface area contributed by atoms with Gasteiger partial charge in [0.15, 0.2) is 17.5 Å². The average molecular weight is 763 g/mol. The molecule has 6 heteroatoms. The van der Waals surface area contributed by atoms with E-state index in [0.717, 1.165) is 16.7 Å². The molecule has 4 heterocycles. The van der Waals surface area contributed by atoms with Gasteiger partial charge in [0.05, 0.1) is 11.0 Å². The lowest BCUT2D eigenvalue weighted by Crippen LogP contribution is -2.00. The predicted molar refractivity (Wildman–Crippen MR) is 242 cm³/mol. The molecule has 0 N–H and O–H groups in total. The Hall–Kier alpha value is -6.99. The summed E-state index contributed by atoms with van der Waals surface area (Å²) in [5, 5.41) is 7.49. The van der Waals surface area contributed by atoms with E-state index in [9.17, 15) is 0 Å². The van der Waals surface area contributed by atoms with Crippen LogP contribution in [-0.4, -0.2) is 19.5 Å². The third kappa shape index (κ3) is 5.22. The molecule has 4 aromatic heterocycles. The van der Waals surface area contributed by atoms with Gasteiger partial charge in [-0.15, -0.1) is 22.7 Å². The number of aromatic nitrogens is 4. The van der Waals surface area contributed by atoms with Crippen molar-refractivity contribution in [2.75, 3.05) is 0 Å². The number of benzene rings is 8. The minimum atomic E-state index is 0.664. The molecule has 12 aromatic rings. The van der Waals surface area contributed by atoms with Crippen LogP contribution >= 0.6 is 22.7 Å². The highest BCUT2D eigenvalue weighted by atomic mass is 32.1. The number of hydrogen-bond acceptors (Lipinski definition) is 5. The maximum absolute atomic E-state index is 5.08. The summed E-state index contributed by atoms with van der Waals surface area (Å²) >= 11 is 3.68. The molecule has 0 aliphatic rings. The van der Waals surface area contributed by atoms with Gasteiger partial charge in [-0.05, 0) is 65.7 Å². The predicted octanol–water partition coefficient (Wildman–Crippen LogP) is 14.4. The molecule has 0 atom stereocenters. The average Bonchev–Trinajstić information content (AvgIpc) is 3.95. The van der Waals surface area contributed by atoms with Crippen LogP contribution in [0.2, 0.25) is 0 Å². The van der Waals surface area contributed by atoms with E-state index in [1.807, 2.05) is 59.1 Å². The summed E-state index contributed by atoms with van der Waals surface area (Å²) in [6, 6.07) is 65.0. The molecule has 4 nitrogen and oxygen atoms in total. The summed E-state index contributed by atoms with van der Waals surface area (Å²) in [4.78, 5) is 15.1. The van der Waals surface area contributed by atoms with Crippen LogP contribution in [0.25, 0.3) is 113 Å². The standard InChI is InChI=1S/C51H30N4S2/c1-3-12-31(13-4-1)49-52-50(32-14-5-2-6-15-32)54-51(53-49)39-18-11-21-46-48(39)38-25-22-34(29-47(38)57-46)33-23-26-44-40(28-33)41-30-35(24-27-45(41)56-44)55-42-19-9-7-16-36(42)37-17-8-10-20-43(37)55/h1-30H. The number of hydrogen-bond donors (Lipinski definition) is 0. The molecule has 0 aliphatic carbocycles. The molecule has 8 aromatic carbocycles. The van der Waals surface area contributed by atoms with Gasteiger partial charge in [0, 0.05) is 73.5 Å². The smallest absolute Gasteiger partial charge is 0.164 e. The zero-order chi connectivity index (χ0) is 37.5. The van der Waals surface area contributed by atoms with Gasteiger partial charge in [-0.1, -0.05) is 127 Å². The lowest BCUT2D eigenvalue weighted by Gasteiger charge is -2.09. The third-order valence-corrected chi connectivity index (χ3v) is 13.3. The third-order valence-electron chi connectivity index (χ3n) is 11.1. The molecule has 0 fully saturated rings. The Morgan fingerprint density at radius 1 is 0.333 bits per heavy atom. The SMILES string of the molecule is c1ccc(-c2nc(-c3ccccc3)nc(-c3cccc4sc5cc(-c6ccc7sc8ccc(-n9c%10ccccc%10c%10ccccc%109)cc8c7c6)ccc5c34)n2)cc1. The van der Waals surface area contributed by atoms with Crippen molar-refractivity contribution in [3.05, 3.63) is 182 Å². The van der Waals surface area contributed by atoms with Crippen molar-refractivity contribution in [2.24, 2.45) is 0 Å². The second-order valence-electron chi connectivity index (χ2n) is 14.4. The summed E-state index contributed by atoms with van der Waals surface area (Å²) in [7, 11) is 0. The largest absolute Gasteiger partial charge is 0.309 e. The van der Waals surface area contributed by atoms with Gasteiger partial charge in [0.25, 0.3) is 0 Å². The maximum atomic E-state index is 5.08. The molecule has 0 unspecified atom stereocenters. The van der Waals surface area contributed by atoms with Crippen molar-refractivity contribution in [3.63, 3.8) is 0 Å². The van der Waals surface area contributed by atoms with Crippen LogP contribution in [0.5, 0.6) is 0 Å². The van der Waals surface area contributed by atoms with E-state index in [2.05, 4.69) is 150 Å². The first-order valence-electron chi connectivity index (χ1n) is 19.0. The summed E-state index contributed by atoms with van der Waals surface area (Å²) in [5.41, 5.74) is 8.97. The Morgan fingerprint density at radius 2 is 0.895 bits per heavy atom. The molecule has 57 heavy (non-hydrogen) atoms. The van der Waals surface area contributed by atoms with Crippen molar-refractivity contribution in [2.45, 2.75) is 0 Å². The molecule has 12 rings (SSSR count). The minimum Gasteiger partial charge on any atom is -0.309 e. The highest BCUT2D eigenvalue weighted by Gasteiger charge is 2.18. The van der Waals surface area contributed by atoms with Gasteiger partial charge >= 0.3 is 0 Å². The first kappa shape index (κ1) is 32.3. The van der Waals surface area contributed by atoms with Gasteiger partial charge in [-0.2, -0.15) is 0 Å². The lowest BCUT2D eigenvalue weighted by atomic mass is 10.00. The lowest BCUT2D eigenvalue weighted by molar-refractivity contribution is 1.08. The Labute approximate surface area is 335 Å². The van der Waals surface area contributed by atoms with Crippen molar-refractivity contribution in [1.29, 1.82) is 0 Å². The second kappa shape index (κ2) is 12.8. The van der Waals surface area contributed by atoms with Gasteiger partial charge in [0.1, 0.15) is 0 Å². The first-order valence-corrected chi connectivity index (χ1v) is 20.6. The first-order chi connectivity index (χ1) is 28.2. The van der Waals surface area contributed by atoms with Crippen LogP contribution in [0.4, 0.5) is 0 Å². The molecule has 0 aliphatic heterocycles. The fourth-order valence-corrected chi connectivity index (χ4v) is 10.6. The Balaban J connectivity index is 0.982. The van der Waals surface area contributed by atoms with E-state index in [-0.39, 0.29) is 0 Å². The van der Waals surface area contributed by atoms with Gasteiger partial charge in [-0.3, -0.25) is 0 Å². The van der Waals surface area contributed by atoms with Gasteiger partial charge in [-0.25, -0.2) is 15.0 Å². The molecule has 0 bridgehead atoms. The normalized spacial score (nSPS) is 11.9. The van der Waals surface area contributed by atoms with E-state index in [1.165, 1.54) is 79.0 Å². The molecule has 0 saturated carbocycles. The maximum Gasteiger partial charge on any atom is 0.164 e. The van der Waals surface area contributed by atoms with Crippen molar-refractivity contribution >= 4 is 84.8 Å². The van der Waals surface area contributed by atoms with Crippen LogP contribution in [0, 0.1) is 0 Å². The van der Waals surface area contributed by atoms with Crippen molar-refractivity contribution in [1.82, 2.24) is 19.5 Å². The molecule has 0 radical (unpaired) electrons. The van der Waals surface area contributed by atoms with Gasteiger partial charge in [0.2, 0.25) is 0 Å². The molecular weight excluding hydrogens is 733 g/mol. The van der Waals surface area contributed by atoms with Crippen LogP contribution in [-0.2, 0) is 0 Å². The zero-order valence-corrected chi connectivity index (χ0v) is 32.1. The molecule has 0 amide bonds. The van der Waals surface area contributed by atoms with Crippen LogP contribution in [0.15, 0.2) is 182 Å². The van der Waals surface area contributed by atoms with E-state index >= 15 is 0 Å². The highest BCUT2D eigenvalue weighted by molar-refractivity contribution is 7.26. The minimum absolute atomic E-state index is 0.664. The van der Waals surface area contributed by atoms with Crippen LogP contribution in [0.3, 0.4) is 0 Å². The van der Waals surface area contributed by atoms with E-state index in [1.54, 1.807) is 0 Å². The molecule has 266 valence electrons. The van der Waals surface area contributed by atoms with Gasteiger partial charge < -0.3 is 4.57 Å². The fourth-order valence-electron chi connectivity index (χ4n) is 8.41. The quantitative estimate of drug-likeness (QED) is 0.175. The summed E-state index contributed by atoms with van der Waals surface area (Å²) in [6.45, 7) is 0. The monoisotopic (exact) mass is 762 g/mol. The number of fused-ring (bicyclic) bond motifs is 9. The Kier molecular flexibility index (Phi) is 7.24. The fraction of sp³-hybridized carbons (Fsp3) is 0. The summed E-state index contributed by atoms with van der Waals surface area (Å²) in [6.07, 6.45) is 0. The Morgan fingerprint density at radius 3 is 1.60 bits per heavy atom. The number of rotatable bonds is 5. The van der Waals surface area contributed by atoms with Crippen molar-refractivity contribution in [3.8, 4) is 51.0 Å². The topological polar surface area (TPSA) is 43.6 Å². The highest BCUT2D eigenvalue weighted by Crippen LogP contribution is 2.43. The second-order valence-corrected chi connectivity index (χ2v) is 16.6. The van der Waals surface area contributed by atoms with Crippen LogP contribution < -0.4 is 0 Å².